The van der Waals surface area contributed by atoms with Crippen molar-refractivity contribution in [3.8, 4) is 0 Å². The first kappa shape index (κ1) is 39.3. The average Bonchev–Trinajstić information content (AvgIpc) is 3.00. The molecule has 4 amide bonds. The van der Waals surface area contributed by atoms with Gasteiger partial charge in [-0.3, -0.25) is 19.2 Å². The first-order chi connectivity index (χ1) is 23.4. The molecule has 0 radical (unpaired) electrons. The Balaban J connectivity index is 1.64. The Kier molecular flexibility index (Phi) is 13.4. The maximum absolute atomic E-state index is 13.5. The molecule has 14 heteroatoms. The fraction of sp³-hybridized carbons (Fsp3) is 0.500. The van der Waals surface area contributed by atoms with Crippen molar-refractivity contribution in [3.63, 3.8) is 0 Å². The van der Waals surface area contributed by atoms with Crippen molar-refractivity contribution < 1.29 is 47.7 Å². The Labute approximate surface area is 292 Å². The minimum atomic E-state index is -1.25. The van der Waals surface area contributed by atoms with E-state index in [0.717, 1.165) is 25.3 Å². The number of hydrogen-bond acceptors (Lipinski definition) is 10. The summed E-state index contributed by atoms with van der Waals surface area (Å²) in [6.45, 7) is 11.3. The van der Waals surface area contributed by atoms with E-state index in [2.05, 4.69) is 21.3 Å². The van der Waals surface area contributed by atoms with E-state index >= 15 is 0 Å². The molecular weight excluding hydrogens is 648 g/mol. The van der Waals surface area contributed by atoms with E-state index in [0.29, 0.717) is 37.3 Å². The number of alkyl carbamates (subject to hydrolysis) is 2. The Morgan fingerprint density at radius 2 is 0.860 bits per heavy atom. The van der Waals surface area contributed by atoms with Gasteiger partial charge >= 0.3 is 24.1 Å². The number of benzene rings is 2. The SMILES string of the molecule is COC(=O)C1C(C(=O)Nc2ccc(CCNC(=O)OC(C)(C)C)cc2)C(C(=O)OC)C1C(=O)Nc1ccc(CCNC(=O)OC(C)(C)C)cc1. The molecule has 0 bridgehead atoms. The fourth-order valence-corrected chi connectivity index (χ4v) is 5.47. The van der Waals surface area contributed by atoms with Gasteiger partial charge in [-0.05, 0) is 89.8 Å². The summed E-state index contributed by atoms with van der Waals surface area (Å²) < 4.78 is 20.3. The molecule has 50 heavy (non-hydrogen) atoms. The van der Waals surface area contributed by atoms with E-state index in [-0.39, 0.29) is 0 Å². The summed E-state index contributed by atoms with van der Waals surface area (Å²) in [4.78, 5) is 76.6. The van der Waals surface area contributed by atoms with E-state index in [1.54, 1.807) is 90.1 Å². The maximum Gasteiger partial charge on any atom is 0.407 e. The molecule has 3 rings (SSSR count). The van der Waals surface area contributed by atoms with Gasteiger partial charge in [0, 0.05) is 24.5 Å². The lowest BCUT2D eigenvalue weighted by Crippen LogP contribution is -2.62. The molecule has 1 saturated carbocycles. The zero-order chi connectivity index (χ0) is 37.2. The van der Waals surface area contributed by atoms with Gasteiger partial charge in [0.2, 0.25) is 11.8 Å². The van der Waals surface area contributed by atoms with Gasteiger partial charge in [-0.2, -0.15) is 0 Å². The summed E-state index contributed by atoms with van der Waals surface area (Å²) in [7, 11) is 2.29. The second-order valence-corrected chi connectivity index (χ2v) is 13.9. The highest BCUT2D eigenvalue weighted by Crippen LogP contribution is 2.49. The fourth-order valence-electron chi connectivity index (χ4n) is 5.47. The van der Waals surface area contributed by atoms with Crippen LogP contribution in [0.1, 0.15) is 52.7 Å². The van der Waals surface area contributed by atoms with Crippen LogP contribution in [0.15, 0.2) is 48.5 Å². The van der Waals surface area contributed by atoms with Gasteiger partial charge in [-0.25, -0.2) is 9.59 Å². The highest BCUT2D eigenvalue weighted by molar-refractivity contribution is 6.06. The average molecular weight is 697 g/mol. The number of carbonyl (C=O) groups excluding carboxylic acids is 6. The van der Waals surface area contributed by atoms with Crippen LogP contribution < -0.4 is 21.3 Å². The lowest BCUT2D eigenvalue weighted by molar-refractivity contribution is -0.181. The lowest BCUT2D eigenvalue weighted by atomic mass is 9.55. The third kappa shape index (κ3) is 11.5. The largest absolute Gasteiger partial charge is 0.469 e. The zero-order valence-electron chi connectivity index (χ0n) is 29.8. The Morgan fingerprint density at radius 3 is 1.14 bits per heavy atom. The van der Waals surface area contributed by atoms with Crippen molar-refractivity contribution in [1.82, 2.24) is 10.6 Å². The van der Waals surface area contributed by atoms with Gasteiger partial charge < -0.3 is 40.2 Å². The molecular formula is C36H48N4O10. The van der Waals surface area contributed by atoms with Gasteiger partial charge in [0.15, 0.2) is 0 Å². The van der Waals surface area contributed by atoms with Crippen LogP contribution in [0.25, 0.3) is 0 Å². The maximum atomic E-state index is 13.5. The standard InChI is InChI=1S/C36H48N4O10/c1-35(2,3)49-33(45)37-19-17-21-9-13-23(14-10-21)39-29(41)25-27(31(43)47-7)26(28(25)32(44)48-8)30(42)40-24-15-11-22(12-16-24)18-20-38-34(46)50-36(4,5)6/h9-16,25-28H,17-20H2,1-8H3,(H,37,45)(H,38,46)(H,39,41)(H,40,42). The summed E-state index contributed by atoms with van der Waals surface area (Å²) in [6, 6.07) is 13.7. The van der Waals surface area contributed by atoms with Crippen molar-refractivity contribution in [2.24, 2.45) is 23.7 Å². The third-order valence-electron chi connectivity index (χ3n) is 7.71. The van der Waals surface area contributed by atoms with Crippen LogP contribution in [0.3, 0.4) is 0 Å². The van der Waals surface area contributed by atoms with Crippen molar-refractivity contribution >= 4 is 47.3 Å². The molecule has 0 aromatic heterocycles. The molecule has 0 unspecified atom stereocenters. The second-order valence-electron chi connectivity index (χ2n) is 13.9. The molecule has 1 fully saturated rings. The lowest BCUT2D eigenvalue weighted by Gasteiger charge is -2.46. The highest BCUT2D eigenvalue weighted by Gasteiger charge is 2.64. The van der Waals surface area contributed by atoms with E-state index in [1.807, 2.05) is 0 Å². The van der Waals surface area contributed by atoms with Crippen LogP contribution in [0.2, 0.25) is 0 Å². The molecule has 0 aliphatic heterocycles. The number of methoxy groups -OCH3 is 2. The van der Waals surface area contributed by atoms with Gasteiger partial charge in [0.05, 0.1) is 37.9 Å². The van der Waals surface area contributed by atoms with Gasteiger partial charge in [-0.1, -0.05) is 24.3 Å². The van der Waals surface area contributed by atoms with Crippen molar-refractivity contribution in [3.05, 3.63) is 59.7 Å². The molecule has 14 nitrogen and oxygen atoms in total. The smallest absolute Gasteiger partial charge is 0.407 e. The number of nitrogens with one attached hydrogen (secondary N) is 4. The minimum Gasteiger partial charge on any atom is -0.469 e. The Morgan fingerprint density at radius 1 is 0.540 bits per heavy atom. The number of anilines is 2. The number of ether oxygens (including phenoxy) is 4. The van der Waals surface area contributed by atoms with Crippen LogP contribution in [-0.4, -0.2) is 74.5 Å². The molecule has 1 aliphatic rings. The van der Waals surface area contributed by atoms with Crippen LogP contribution in [0, 0.1) is 23.7 Å². The molecule has 0 heterocycles. The molecule has 272 valence electrons. The predicted octanol–water partition coefficient (Wildman–Crippen LogP) is 4.22. The third-order valence-corrected chi connectivity index (χ3v) is 7.71. The van der Waals surface area contributed by atoms with Crippen molar-refractivity contribution in [1.29, 1.82) is 0 Å². The molecule has 4 N–H and O–H groups in total. The second kappa shape index (κ2) is 17.0. The summed E-state index contributed by atoms with van der Waals surface area (Å²) >= 11 is 0. The van der Waals surface area contributed by atoms with E-state index < -0.39 is 70.8 Å². The molecule has 2 aromatic carbocycles. The number of amides is 4. The van der Waals surface area contributed by atoms with Gasteiger partial charge in [0.25, 0.3) is 0 Å². The molecule has 2 aromatic rings. The number of rotatable bonds is 12. The monoisotopic (exact) mass is 696 g/mol. The summed E-state index contributed by atoms with van der Waals surface area (Å²) in [5, 5.41) is 10.8. The first-order valence-electron chi connectivity index (χ1n) is 16.3. The summed E-state index contributed by atoms with van der Waals surface area (Å²) in [6.07, 6.45) is -0.0202. The minimum absolute atomic E-state index is 0.339. The Hall–Kier alpha value is -5.14. The Bertz CT molecular complexity index is 1400. The van der Waals surface area contributed by atoms with Crippen molar-refractivity contribution in [2.75, 3.05) is 37.9 Å². The van der Waals surface area contributed by atoms with E-state index in [4.69, 9.17) is 18.9 Å². The normalized spacial score (nSPS) is 18.4. The number of carbonyl (C=O) groups is 6. The molecule has 0 spiro atoms. The summed E-state index contributed by atoms with van der Waals surface area (Å²) in [5.74, 6) is -7.89. The van der Waals surface area contributed by atoms with Crippen LogP contribution >= 0.6 is 0 Å². The van der Waals surface area contributed by atoms with Crippen LogP contribution in [-0.2, 0) is 51.0 Å². The van der Waals surface area contributed by atoms with Gasteiger partial charge in [-0.15, -0.1) is 0 Å². The number of hydrogen-bond donors (Lipinski definition) is 4. The van der Waals surface area contributed by atoms with Crippen molar-refractivity contribution in [2.45, 2.75) is 65.6 Å². The molecule has 0 atom stereocenters. The highest BCUT2D eigenvalue weighted by atomic mass is 16.6. The summed E-state index contributed by atoms with van der Waals surface area (Å²) in [5.41, 5.74) is 1.35. The molecule has 1 aliphatic carbocycles. The van der Waals surface area contributed by atoms with Crippen LogP contribution in [0.4, 0.5) is 21.0 Å². The quantitative estimate of drug-likeness (QED) is 0.185. The van der Waals surface area contributed by atoms with E-state index in [9.17, 15) is 28.8 Å². The molecule has 0 saturated heterocycles. The van der Waals surface area contributed by atoms with E-state index in [1.165, 1.54) is 0 Å². The van der Waals surface area contributed by atoms with Gasteiger partial charge in [0.1, 0.15) is 11.2 Å². The van der Waals surface area contributed by atoms with Crippen LogP contribution in [0.5, 0.6) is 0 Å². The number of esters is 2. The predicted molar refractivity (Wildman–Crippen MR) is 184 cm³/mol. The first-order valence-corrected chi connectivity index (χ1v) is 16.3. The zero-order valence-corrected chi connectivity index (χ0v) is 29.8. The topological polar surface area (TPSA) is 187 Å².